The molecule has 6 heteroatoms. The number of anilines is 2. The topological polar surface area (TPSA) is 85.9 Å². The van der Waals surface area contributed by atoms with Crippen LogP contribution in [0.25, 0.3) is 0 Å². The molecule has 0 radical (unpaired) electrons. The third-order valence-electron chi connectivity index (χ3n) is 2.45. The summed E-state index contributed by atoms with van der Waals surface area (Å²) in [5.41, 5.74) is 1.19. The number of nitrogens with one attached hydrogen (secondary N) is 3. The van der Waals surface area contributed by atoms with Gasteiger partial charge in [0, 0.05) is 37.5 Å². The third-order valence-corrected chi connectivity index (χ3v) is 2.45. The van der Waals surface area contributed by atoms with Gasteiger partial charge in [-0.3, -0.25) is 0 Å². The summed E-state index contributed by atoms with van der Waals surface area (Å²) in [5, 5.41) is 14.9. The zero-order chi connectivity index (χ0) is 12.6. The second-order valence-corrected chi connectivity index (χ2v) is 3.81. The van der Waals surface area contributed by atoms with Crippen LogP contribution in [0.3, 0.4) is 0 Å². The fourth-order valence-corrected chi connectivity index (χ4v) is 1.58. The number of H-pyrrole nitrogens is 1. The molecule has 0 bridgehead atoms. The number of aliphatic hydroxyl groups excluding tert-OH is 1. The fourth-order valence-electron chi connectivity index (χ4n) is 1.58. The molecule has 6 nitrogen and oxygen atoms in total. The molecule has 4 N–H and O–H groups in total. The van der Waals surface area contributed by atoms with Gasteiger partial charge in [0.05, 0.1) is 6.61 Å². The smallest absolute Gasteiger partial charge is 0.131 e. The molecule has 0 aliphatic heterocycles. The first-order valence-corrected chi connectivity index (χ1v) is 5.91. The number of hydrogen-bond acceptors (Lipinski definition) is 5. The Morgan fingerprint density at radius 2 is 1.94 bits per heavy atom. The maximum Gasteiger partial charge on any atom is 0.131 e. The van der Waals surface area contributed by atoms with Gasteiger partial charge in [0.15, 0.2) is 0 Å². The summed E-state index contributed by atoms with van der Waals surface area (Å²) < 4.78 is 0. The van der Waals surface area contributed by atoms with E-state index in [1.165, 1.54) is 12.0 Å². The highest BCUT2D eigenvalue weighted by atomic mass is 16.3. The van der Waals surface area contributed by atoms with Crippen molar-refractivity contribution in [2.75, 3.05) is 30.3 Å². The summed E-state index contributed by atoms with van der Waals surface area (Å²) in [4.78, 5) is 11.3. The van der Waals surface area contributed by atoms with Crippen molar-refractivity contribution >= 4 is 11.6 Å². The quantitative estimate of drug-likeness (QED) is 0.583. The van der Waals surface area contributed by atoms with Crippen molar-refractivity contribution in [2.45, 2.75) is 6.42 Å². The van der Waals surface area contributed by atoms with Crippen molar-refractivity contribution in [3.63, 3.8) is 0 Å². The zero-order valence-electron chi connectivity index (χ0n) is 10.1. The van der Waals surface area contributed by atoms with Crippen molar-refractivity contribution in [3.05, 3.63) is 36.4 Å². The maximum atomic E-state index is 8.72. The third kappa shape index (κ3) is 3.74. The Balaban J connectivity index is 1.81. The molecule has 0 spiro atoms. The van der Waals surface area contributed by atoms with E-state index in [4.69, 9.17) is 5.11 Å². The summed E-state index contributed by atoms with van der Waals surface area (Å²) in [6.45, 7) is 1.37. The molecule has 0 unspecified atom stereocenters. The Kier molecular flexibility index (Phi) is 4.54. The van der Waals surface area contributed by atoms with Crippen molar-refractivity contribution < 1.29 is 5.11 Å². The summed E-state index contributed by atoms with van der Waals surface area (Å²) in [7, 11) is 0. The van der Waals surface area contributed by atoms with Crippen LogP contribution in [0.5, 0.6) is 0 Å². The predicted octanol–water partition coefficient (Wildman–Crippen LogP) is 0.863. The minimum Gasteiger partial charge on any atom is -0.395 e. The monoisotopic (exact) mass is 247 g/mol. The first-order valence-electron chi connectivity index (χ1n) is 5.91. The highest BCUT2D eigenvalue weighted by Crippen LogP contribution is 2.08. The molecule has 0 saturated heterocycles. The van der Waals surface area contributed by atoms with Gasteiger partial charge in [-0.25, -0.2) is 9.97 Å². The van der Waals surface area contributed by atoms with Gasteiger partial charge in [-0.1, -0.05) is 0 Å². The second-order valence-electron chi connectivity index (χ2n) is 3.81. The fraction of sp³-hybridized carbons (Fsp3) is 0.333. The maximum absolute atomic E-state index is 8.72. The Morgan fingerprint density at radius 3 is 2.61 bits per heavy atom. The first-order chi connectivity index (χ1) is 8.88. The molecule has 96 valence electrons. The van der Waals surface area contributed by atoms with E-state index < -0.39 is 0 Å². The van der Waals surface area contributed by atoms with Gasteiger partial charge >= 0.3 is 0 Å². The summed E-state index contributed by atoms with van der Waals surface area (Å²) >= 11 is 0. The summed E-state index contributed by atoms with van der Waals surface area (Å²) in [5.74, 6) is 1.48. The first kappa shape index (κ1) is 12.4. The average Bonchev–Trinajstić information content (AvgIpc) is 2.90. The normalized spacial score (nSPS) is 10.3. The molecule has 0 saturated carbocycles. The molecule has 0 amide bonds. The van der Waals surface area contributed by atoms with Gasteiger partial charge in [0.25, 0.3) is 0 Å². The molecule has 2 rings (SSSR count). The van der Waals surface area contributed by atoms with E-state index in [2.05, 4.69) is 31.7 Å². The van der Waals surface area contributed by atoms with Crippen molar-refractivity contribution in [3.8, 4) is 0 Å². The largest absolute Gasteiger partial charge is 0.395 e. The van der Waals surface area contributed by atoms with E-state index in [1.807, 2.05) is 18.3 Å². The summed E-state index contributed by atoms with van der Waals surface area (Å²) in [6.07, 6.45) is 4.32. The Hall–Kier alpha value is -2.08. The SMILES string of the molecule is OCCNc1cc(NCCc2ccc[nH]2)ncn1. The molecular weight excluding hydrogens is 230 g/mol. The minimum atomic E-state index is 0.0829. The van der Waals surface area contributed by atoms with Crippen molar-refractivity contribution in [1.82, 2.24) is 15.0 Å². The van der Waals surface area contributed by atoms with Crippen LogP contribution < -0.4 is 10.6 Å². The van der Waals surface area contributed by atoms with Gasteiger partial charge in [-0.15, -0.1) is 0 Å². The van der Waals surface area contributed by atoms with E-state index >= 15 is 0 Å². The number of hydrogen-bond donors (Lipinski definition) is 4. The minimum absolute atomic E-state index is 0.0829. The van der Waals surface area contributed by atoms with Gasteiger partial charge in [-0.05, 0) is 12.1 Å². The zero-order valence-corrected chi connectivity index (χ0v) is 10.1. The Bertz CT molecular complexity index is 457. The highest BCUT2D eigenvalue weighted by Gasteiger charge is 1.98. The van der Waals surface area contributed by atoms with Crippen molar-refractivity contribution in [1.29, 1.82) is 0 Å². The van der Waals surface area contributed by atoms with Gasteiger partial charge < -0.3 is 20.7 Å². The predicted molar refractivity (Wildman–Crippen MR) is 70.6 cm³/mol. The van der Waals surface area contributed by atoms with Crippen molar-refractivity contribution in [2.24, 2.45) is 0 Å². The molecular formula is C12H17N5O. The van der Waals surface area contributed by atoms with E-state index in [-0.39, 0.29) is 6.61 Å². The van der Waals surface area contributed by atoms with E-state index in [1.54, 1.807) is 0 Å². The molecule has 0 fully saturated rings. The Labute approximate surface area is 105 Å². The van der Waals surface area contributed by atoms with Crippen LogP contribution in [-0.4, -0.2) is 39.8 Å². The highest BCUT2D eigenvalue weighted by molar-refractivity contribution is 5.46. The molecule has 0 aromatic carbocycles. The van der Waals surface area contributed by atoms with Crippen LogP contribution in [0.4, 0.5) is 11.6 Å². The molecule has 18 heavy (non-hydrogen) atoms. The van der Waals surface area contributed by atoms with Crippen LogP contribution in [0.1, 0.15) is 5.69 Å². The van der Waals surface area contributed by atoms with Crippen LogP contribution in [0, 0.1) is 0 Å². The molecule has 2 heterocycles. The lowest BCUT2D eigenvalue weighted by Crippen LogP contribution is -2.10. The number of aliphatic hydroxyl groups is 1. The number of nitrogens with zero attached hydrogens (tertiary/aromatic N) is 2. The number of aromatic nitrogens is 3. The van der Waals surface area contributed by atoms with Gasteiger partial charge in [0.2, 0.25) is 0 Å². The van der Waals surface area contributed by atoms with Crippen LogP contribution >= 0.6 is 0 Å². The molecule has 0 atom stereocenters. The lowest BCUT2D eigenvalue weighted by Gasteiger charge is -2.07. The molecule has 0 aliphatic carbocycles. The Morgan fingerprint density at radius 1 is 1.17 bits per heavy atom. The number of rotatable bonds is 7. The van der Waals surface area contributed by atoms with Gasteiger partial charge in [-0.2, -0.15) is 0 Å². The lowest BCUT2D eigenvalue weighted by atomic mass is 10.3. The molecule has 2 aromatic heterocycles. The second kappa shape index (κ2) is 6.61. The van der Waals surface area contributed by atoms with E-state index in [0.717, 1.165) is 18.8 Å². The van der Waals surface area contributed by atoms with Crippen LogP contribution in [0.2, 0.25) is 0 Å². The van der Waals surface area contributed by atoms with E-state index in [0.29, 0.717) is 12.4 Å². The molecule has 0 aliphatic rings. The average molecular weight is 247 g/mol. The van der Waals surface area contributed by atoms with Gasteiger partial charge in [0.1, 0.15) is 18.0 Å². The standard InChI is InChI=1S/C12H17N5O/c18-7-6-15-12-8-11(16-9-17-12)14-5-3-10-2-1-4-13-10/h1-2,4,8-9,13,18H,3,5-7H2,(H2,14,15,16,17). The molecule has 2 aromatic rings. The van der Waals surface area contributed by atoms with Crippen LogP contribution in [0.15, 0.2) is 30.7 Å². The number of aromatic amines is 1. The van der Waals surface area contributed by atoms with Crippen LogP contribution in [-0.2, 0) is 6.42 Å². The van der Waals surface area contributed by atoms with E-state index in [9.17, 15) is 0 Å². The lowest BCUT2D eigenvalue weighted by molar-refractivity contribution is 0.311. The summed E-state index contributed by atoms with van der Waals surface area (Å²) in [6, 6.07) is 5.86.